The van der Waals surface area contributed by atoms with Crippen molar-refractivity contribution in [2.24, 2.45) is 11.7 Å². The molecule has 0 fully saturated rings. The van der Waals surface area contributed by atoms with E-state index in [1.807, 2.05) is 37.3 Å². The minimum absolute atomic E-state index is 0.0378. The molecule has 0 spiro atoms. The number of nitrogens with two attached hydrogens (primary N) is 1. The Bertz CT molecular complexity index is 686. The average molecular weight is 296 g/mol. The normalized spacial score (nSPS) is 22.0. The van der Waals surface area contributed by atoms with Gasteiger partial charge in [0.25, 0.3) is 0 Å². The molecule has 5 nitrogen and oxygen atoms in total. The van der Waals surface area contributed by atoms with Gasteiger partial charge in [-0.05, 0) is 25.0 Å². The van der Waals surface area contributed by atoms with Crippen molar-refractivity contribution in [1.29, 1.82) is 0 Å². The predicted octanol–water partition coefficient (Wildman–Crippen LogP) is 2.90. The van der Waals surface area contributed by atoms with Crippen LogP contribution >= 0.6 is 0 Å². The molecule has 0 saturated heterocycles. The van der Waals surface area contributed by atoms with Crippen molar-refractivity contribution >= 4 is 11.6 Å². The molecular weight excluding hydrogens is 276 g/mol. The Hall–Kier alpha value is -2.27. The second-order valence-corrected chi connectivity index (χ2v) is 5.80. The molecular formula is C17H20N4O. The fraction of sp³-hybridized carbons (Fsp3) is 0.353. The number of hydrogen-bond acceptors (Lipinski definition) is 4. The standard InChI is InChI=1S/C17H20N4O/c1-11-5-4-7-13(18)16-9-15(19-10-20-16)12-6-2-3-8-14(12)21-17(11)22/h2-3,6,8-11,13H,4-5,7,18H2,1H3,(H,21,22)/t11-,13+/m1/s1. The zero-order chi connectivity index (χ0) is 15.5. The van der Waals surface area contributed by atoms with Crippen molar-refractivity contribution in [3.05, 3.63) is 42.4 Å². The van der Waals surface area contributed by atoms with Crippen LogP contribution in [0.5, 0.6) is 0 Å². The van der Waals surface area contributed by atoms with Gasteiger partial charge in [-0.25, -0.2) is 9.97 Å². The lowest BCUT2D eigenvalue weighted by atomic mass is 9.97. The number of nitrogens with zero attached hydrogens (tertiary/aromatic N) is 2. The number of amides is 1. The molecule has 0 aliphatic carbocycles. The summed E-state index contributed by atoms with van der Waals surface area (Å²) in [6, 6.07) is 9.48. The lowest BCUT2D eigenvalue weighted by Crippen LogP contribution is -2.22. The summed E-state index contributed by atoms with van der Waals surface area (Å²) in [6.07, 6.45) is 4.07. The quantitative estimate of drug-likeness (QED) is 0.783. The Morgan fingerprint density at radius 2 is 2.05 bits per heavy atom. The maximum Gasteiger partial charge on any atom is 0.227 e. The molecule has 2 bridgehead atoms. The fourth-order valence-corrected chi connectivity index (χ4v) is 2.72. The highest BCUT2D eigenvalue weighted by atomic mass is 16.1. The summed E-state index contributed by atoms with van der Waals surface area (Å²) >= 11 is 0. The molecule has 1 aromatic heterocycles. The molecule has 0 saturated carbocycles. The van der Waals surface area contributed by atoms with E-state index in [1.54, 1.807) is 0 Å². The topological polar surface area (TPSA) is 80.9 Å². The molecule has 1 aliphatic heterocycles. The number of aromatic nitrogens is 2. The molecule has 5 heteroatoms. The van der Waals surface area contributed by atoms with Crippen LogP contribution in [0.1, 0.15) is 37.9 Å². The Morgan fingerprint density at radius 3 is 2.91 bits per heavy atom. The third kappa shape index (κ3) is 2.99. The molecule has 22 heavy (non-hydrogen) atoms. The summed E-state index contributed by atoms with van der Waals surface area (Å²) in [5.74, 6) is -0.00480. The number of para-hydroxylation sites is 1. The Kier molecular flexibility index (Phi) is 4.15. The van der Waals surface area contributed by atoms with Gasteiger partial charge in [0.15, 0.2) is 0 Å². The first-order valence-electron chi connectivity index (χ1n) is 7.63. The highest BCUT2D eigenvalue weighted by Gasteiger charge is 2.18. The van der Waals surface area contributed by atoms with Gasteiger partial charge in [0.05, 0.1) is 17.1 Å². The first kappa shape index (κ1) is 14.7. The van der Waals surface area contributed by atoms with Crippen LogP contribution < -0.4 is 11.1 Å². The van der Waals surface area contributed by atoms with E-state index in [0.717, 1.165) is 41.9 Å². The van der Waals surface area contributed by atoms with Gasteiger partial charge in [0.2, 0.25) is 5.91 Å². The van der Waals surface area contributed by atoms with Crippen molar-refractivity contribution in [2.45, 2.75) is 32.2 Å². The fourth-order valence-electron chi connectivity index (χ4n) is 2.72. The number of nitrogens with one attached hydrogen (secondary N) is 1. The molecule has 1 aliphatic rings. The van der Waals surface area contributed by atoms with Crippen molar-refractivity contribution in [3.8, 4) is 11.3 Å². The molecule has 1 aromatic carbocycles. The number of hydrogen-bond donors (Lipinski definition) is 2. The summed E-state index contributed by atoms with van der Waals surface area (Å²) < 4.78 is 0. The van der Waals surface area contributed by atoms with Crippen molar-refractivity contribution in [3.63, 3.8) is 0 Å². The van der Waals surface area contributed by atoms with Crippen molar-refractivity contribution in [2.75, 3.05) is 5.32 Å². The van der Waals surface area contributed by atoms with E-state index in [1.165, 1.54) is 6.33 Å². The summed E-state index contributed by atoms with van der Waals surface area (Å²) in [5, 5.41) is 3.02. The van der Waals surface area contributed by atoms with Gasteiger partial charge in [-0.15, -0.1) is 0 Å². The van der Waals surface area contributed by atoms with Crippen LogP contribution in [0.15, 0.2) is 36.7 Å². The van der Waals surface area contributed by atoms with Crippen molar-refractivity contribution < 1.29 is 4.79 Å². The minimum atomic E-state index is -0.122. The first-order chi connectivity index (χ1) is 10.6. The minimum Gasteiger partial charge on any atom is -0.325 e. The number of fused-ring (bicyclic) bond motifs is 4. The first-order valence-corrected chi connectivity index (χ1v) is 7.63. The smallest absolute Gasteiger partial charge is 0.227 e. The van der Waals surface area contributed by atoms with Crippen LogP contribution in [0.3, 0.4) is 0 Å². The largest absolute Gasteiger partial charge is 0.325 e. The Labute approximate surface area is 130 Å². The summed E-state index contributed by atoms with van der Waals surface area (Å²) in [6.45, 7) is 1.95. The van der Waals surface area contributed by atoms with Gasteiger partial charge >= 0.3 is 0 Å². The Morgan fingerprint density at radius 1 is 1.23 bits per heavy atom. The maximum atomic E-state index is 12.3. The van der Waals surface area contributed by atoms with E-state index in [9.17, 15) is 4.79 Å². The average Bonchev–Trinajstić information content (AvgIpc) is 2.54. The molecule has 114 valence electrons. The molecule has 3 N–H and O–H groups in total. The van der Waals surface area contributed by atoms with Crippen LogP contribution in [0.2, 0.25) is 0 Å². The van der Waals surface area contributed by atoms with Crippen LogP contribution in [0.25, 0.3) is 11.3 Å². The van der Waals surface area contributed by atoms with Gasteiger partial charge < -0.3 is 11.1 Å². The molecule has 0 radical (unpaired) electrons. The number of rotatable bonds is 0. The molecule has 1 amide bonds. The van der Waals surface area contributed by atoms with E-state index in [0.29, 0.717) is 0 Å². The lowest BCUT2D eigenvalue weighted by Gasteiger charge is -2.18. The number of carbonyl (C=O) groups is 1. The monoisotopic (exact) mass is 296 g/mol. The molecule has 2 atom stereocenters. The lowest BCUT2D eigenvalue weighted by molar-refractivity contribution is -0.119. The summed E-state index contributed by atoms with van der Waals surface area (Å²) in [7, 11) is 0. The third-order valence-corrected chi connectivity index (χ3v) is 4.13. The van der Waals surface area contributed by atoms with Gasteiger partial charge in [-0.3, -0.25) is 4.79 Å². The van der Waals surface area contributed by atoms with Gasteiger partial charge in [0.1, 0.15) is 6.33 Å². The van der Waals surface area contributed by atoms with Gasteiger partial charge in [0, 0.05) is 17.5 Å². The SMILES string of the molecule is C[C@@H]1CCC[C@H](N)c2cc(ncn2)-c2ccccc2NC1=O. The molecule has 2 aromatic rings. The number of carbonyl (C=O) groups excluding carboxylic acids is 1. The summed E-state index contributed by atoms with van der Waals surface area (Å²) in [4.78, 5) is 21.0. The van der Waals surface area contributed by atoms with Crippen LogP contribution in [-0.4, -0.2) is 15.9 Å². The van der Waals surface area contributed by atoms with Gasteiger partial charge in [-0.1, -0.05) is 31.5 Å². The highest BCUT2D eigenvalue weighted by Crippen LogP contribution is 2.29. The maximum absolute atomic E-state index is 12.3. The molecule has 0 unspecified atom stereocenters. The molecule has 3 rings (SSSR count). The van der Waals surface area contributed by atoms with Crippen LogP contribution in [0, 0.1) is 5.92 Å². The highest BCUT2D eigenvalue weighted by molar-refractivity contribution is 5.96. The Balaban J connectivity index is 2.09. The van der Waals surface area contributed by atoms with E-state index >= 15 is 0 Å². The van der Waals surface area contributed by atoms with Crippen LogP contribution in [0.4, 0.5) is 5.69 Å². The zero-order valence-electron chi connectivity index (χ0n) is 12.6. The second-order valence-electron chi connectivity index (χ2n) is 5.80. The van der Waals surface area contributed by atoms with E-state index in [4.69, 9.17) is 5.73 Å². The third-order valence-electron chi connectivity index (χ3n) is 4.13. The van der Waals surface area contributed by atoms with Gasteiger partial charge in [-0.2, -0.15) is 0 Å². The van der Waals surface area contributed by atoms with Crippen LogP contribution in [-0.2, 0) is 4.79 Å². The number of benzene rings is 1. The second kappa shape index (κ2) is 6.23. The van der Waals surface area contributed by atoms with E-state index < -0.39 is 0 Å². The van der Waals surface area contributed by atoms with E-state index in [2.05, 4.69) is 15.3 Å². The number of anilines is 1. The zero-order valence-corrected chi connectivity index (χ0v) is 12.6. The van der Waals surface area contributed by atoms with E-state index in [-0.39, 0.29) is 17.9 Å². The van der Waals surface area contributed by atoms with Crippen molar-refractivity contribution in [1.82, 2.24) is 9.97 Å². The summed E-state index contributed by atoms with van der Waals surface area (Å²) in [5.41, 5.74) is 9.52. The predicted molar refractivity (Wildman–Crippen MR) is 86.0 cm³/mol. The molecule has 2 heterocycles.